The molecule has 0 amide bonds. The lowest BCUT2D eigenvalue weighted by Crippen LogP contribution is -2.10. The lowest BCUT2D eigenvalue weighted by atomic mass is 10.2. The summed E-state index contributed by atoms with van der Waals surface area (Å²) in [6, 6.07) is 0. The highest BCUT2D eigenvalue weighted by Gasteiger charge is 2.27. The van der Waals surface area contributed by atoms with Crippen LogP contribution in [-0.4, -0.2) is 32.8 Å². The van der Waals surface area contributed by atoms with Gasteiger partial charge in [-0.05, 0) is 6.92 Å². The average molecular weight is 228 g/mol. The lowest BCUT2D eigenvalue weighted by Gasteiger charge is -2.02. The zero-order valence-corrected chi connectivity index (χ0v) is 9.23. The third-order valence-corrected chi connectivity index (χ3v) is 1.83. The average Bonchev–Trinajstić information content (AvgIpc) is 2.71. The van der Waals surface area contributed by atoms with Crippen LogP contribution in [0.4, 0.5) is 0 Å². The molecule has 1 aromatic rings. The van der Waals surface area contributed by atoms with Gasteiger partial charge in [0.1, 0.15) is 11.8 Å². The van der Waals surface area contributed by atoms with Gasteiger partial charge in [-0.1, -0.05) is 0 Å². The maximum absolute atomic E-state index is 11.4. The number of hydrogen-bond acceptors (Lipinski definition) is 6. The second kappa shape index (κ2) is 5.20. The summed E-state index contributed by atoms with van der Waals surface area (Å²) in [5, 5.41) is 0. The molecule has 1 aromatic heterocycles. The van der Waals surface area contributed by atoms with Crippen molar-refractivity contribution >= 4 is 11.9 Å². The van der Waals surface area contributed by atoms with Crippen molar-refractivity contribution in [3.63, 3.8) is 0 Å². The van der Waals surface area contributed by atoms with Crippen LogP contribution < -0.4 is 4.74 Å². The Bertz CT molecular complexity index is 392. The molecule has 0 N–H and O–H groups in total. The molecule has 6 nitrogen and oxygen atoms in total. The Hall–Kier alpha value is -1.98. The number of rotatable bonds is 4. The van der Waals surface area contributed by atoms with Gasteiger partial charge in [0.25, 0.3) is 5.95 Å². The first-order valence-electron chi connectivity index (χ1n) is 4.56. The molecule has 0 saturated carbocycles. The molecule has 0 aliphatic heterocycles. The number of hydrogen-bond donors (Lipinski definition) is 0. The van der Waals surface area contributed by atoms with Crippen molar-refractivity contribution in [2.45, 2.75) is 6.92 Å². The maximum Gasteiger partial charge on any atom is 0.346 e. The molecule has 0 aliphatic carbocycles. The van der Waals surface area contributed by atoms with Crippen LogP contribution in [0.5, 0.6) is 5.95 Å². The Morgan fingerprint density at radius 3 is 2.38 bits per heavy atom. The zero-order chi connectivity index (χ0) is 12.1. The van der Waals surface area contributed by atoms with Crippen molar-refractivity contribution in [3.05, 3.63) is 17.4 Å². The van der Waals surface area contributed by atoms with Crippen molar-refractivity contribution in [1.29, 1.82) is 0 Å². The Morgan fingerprint density at radius 1 is 1.25 bits per heavy atom. The Kier molecular flexibility index (Phi) is 3.93. The molecule has 0 aromatic carbocycles. The Morgan fingerprint density at radius 2 is 1.88 bits per heavy atom. The summed E-state index contributed by atoms with van der Waals surface area (Å²) >= 11 is 0. The van der Waals surface area contributed by atoms with Gasteiger partial charge < -0.3 is 18.6 Å². The van der Waals surface area contributed by atoms with Gasteiger partial charge in [-0.3, -0.25) is 0 Å². The molecule has 0 radical (unpaired) electrons. The maximum atomic E-state index is 11.4. The van der Waals surface area contributed by atoms with Crippen molar-refractivity contribution in [3.8, 4) is 5.95 Å². The normalized spacial score (nSPS) is 9.69. The van der Waals surface area contributed by atoms with Gasteiger partial charge in [0.05, 0.1) is 20.8 Å². The third kappa shape index (κ3) is 2.16. The number of carbonyl (C=O) groups excluding carboxylic acids is 2. The molecule has 1 rings (SSSR count). The first-order chi connectivity index (χ1) is 7.65. The van der Waals surface area contributed by atoms with Gasteiger partial charge in [0, 0.05) is 0 Å². The van der Waals surface area contributed by atoms with Crippen LogP contribution in [-0.2, 0) is 9.47 Å². The lowest BCUT2D eigenvalue weighted by molar-refractivity contribution is 0.0553. The quantitative estimate of drug-likeness (QED) is 0.722. The van der Waals surface area contributed by atoms with E-state index in [9.17, 15) is 9.59 Å². The minimum atomic E-state index is -0.711. The predicted octanol–water partition coefficient (Wildman–Crippen LogP) is 1.25. The molecular weight excluding hydrogens is 216 g/mol. The van der Waals surface area contributed by atoms with Crippen LogP contribution in [0.3, 0.4) is 0 Å². The minimum absolute atomic E-state index is 0.0159. The van der Waals surface area contributed by atoms with Crippen molar-refractivity contribution < 1.29 is 28.2 Å². The molecule has 0 bridgehead atoms. The van der Waals surface area contributed by atoms with E-state index in [4.69, 9.17) is 9.15 Å². The van der Waals surface area contributed by atoms with Gasteiger partial charge in [0.15, 0.2) is 5.56 Å². The van der Waals surface area contributed by atoms with Gasteiger partial charge in [0.2, 0.25) is 0 Å². The molecule has 1 heterocycles. The highest BCUT2D eigenvalue weighted by Crippen LogP contribution is 2.26. The van der Waals surface area contributed by atoms with E-state index in [0.29, 0.717) is 6.61 Å². The van der Waals surface area contributed by atoms with Crippen molar-refractivity contribution in [2.24, 2.45) is 0 Å². The van der Waals surface area contributed by atoms with Crippen LogP contribution >= 0.6 is 0 Å². The number of carbonyl (C=O) groups is 2. The first-order valence-corrected chi connectivity index (χ1v) is 4.56. The summed E-state index contributed by atoms with van der Waals surface area (Å²) in [7, 11) is 2.41. The van der Waals surface area contributed by atoms with Crippen LogP contribution in [0.25, 0.3) is 0 Å². The fourth-order valence-electron chi connectivity index (χ4n) is 1.13. The summed E-state index contributed by atoms with van der Waals surface area (Å²) in [4.78, 5) is 22.8. The summed E-state index contributed by atoms with van der Waals surface area (Å²) in [5.74, 6) is -1.44. The zero-order valence-electron chi connectivity index (χ0n) is 9.23. The van der Waals surface area contributed by atoms with E-state index < -0.39 is 11.9 Å². The third-order valence-electron chi connectivity index (χ3n) is 1.83. The summed E-state index contributed by atoms with van der Waals surface area (Å²) in [5.41, 5.74) is -0.0750. The van der Waals surface area contributed by atoms with Gasteiger partial charge >= 0.3 is 11.9 Å². The van der Waals surface area contributed by atoms with Crippen LogP contribution in [0.1, 0.15) is 27.6 Å². The highest BCUT2D eigenvalue weighted by atomic mass is 16.6. The molecule has 88 valence electrons. The molecule has 0 atom stereocenters. The molecule has 0 unspecified atom stereocenters. The second-order valence-corrected chi connectivity index (χ2v) is 2.73. The Labute approximate surface area is 92.1 Å². The molecule has 16 heavy (non-hydrogen) atoms. The number of furan rings is 1. The first kappa shape index (κ1) is 12.1. The van der Waals surface area contributed by atoms with E-state index in [2.05, 4.69) is 9.47 Å². The largest absolute Gasteiger partial charge is 0.465 e. The molecule has 0 fully saturated rings. The van der Waals surface area contributed by atoms with Crippen LogP contribution in [0, 0.1) is 0 Å². The van der Waals surface area contributed by atoms with Crippen molar-refractivity contribution in [1.82, 2.24) is 0 Å². The SMILES string of the molecule is CCOc1occ(C(=O)OC)c1C(=O)OC. The monoisotopic (exact) mass is 228 g/mol. The fourth-order valence-corrected chi connectivity index (χ4v) is 1.13. The fraction of sp³-hybridized carbons (Fsp3) is 0.400. The van der Waals surface area contributed by atoms with E-state index in [-0.39, 0.29) is 17.1 Å². The number of ether oxygens (including phenoxy) is 3. The van der Waals surface area contributed by atoms with Gasteiger partial charge in [-0.25, -0.2) is 9.59 Å². The molecule has 0 saturated heterocycles. The molecule has 0 aliphatic rings. The topological polar surface area (TPSA) is 75.0 Å². The summed E-state index contributed by atoms with van der Waals surface area (Å²) in [6.45, 7) is 2.03. The van der Waals surface area contributed by atoms with Gasteiger partial charge in [-0.2, -0.15) is 0 Å². The standard InChI is InChI=1S/C10H12O6/c1-4-15-10-7(9(12)14-3)6(5-16-10)8(11)13-2/h5H,4H2,1-3H3. The number of methoxy groups -OCH3 is 2. The minimum Gasteiger partial charge on any atom is -0.465 e. The van der Waals surface area contributed by atoms with E-state index >= 15 is 0 Å². The second-order valence-electron chi connectivity index (χ2n) is 2.73. The smallest absolute Gasteiger partial charge is 0.346 e. The molecule has 6 heteroatoms. The van der Waals surface area contributed by atoms with Gasteiger partial charge in [-0.15, -0.1) is 0 Å². The van der Waals surface area contributed by atoms with E-state index in [1.54, 1.807) is 6.92 Å². The van der Waals surface area contributed by atoms with E-state index in [0.717, 1.165) is 6.26 Å². The van der Waals surface area contributed by atoms with E-state index in [1.165, 1.54) is 14.2 Å². The predicted molar refractivity (Wildman–Crippen MR) is 52.6 cm³/mol. The van der Waals surface area contributed by atoms with Crippen LogP contribution in [0.2, 0.25) is 0 Å². The number of esters is 2. The van der Waals surface area contributed by atoms with Crippen molar-refractivity contribution in [2.75, 3.05) is 20.8 Å². The summed E-state index contributed by atoms with van der Waals surface area (Å²) in [6.07, 6.45) is 1.10. The Balaban J connectivity index is 3.19. The van der Waals surface area contributed by atoms with Crippen LogP contribution in [0.15, 0.2) is 10.7 Å². The molecular formula is C10H12O6. The molecule has 0 spiro atoms. The van der Waals surface area contributed by atoms with E-state index in [1.807, 2.05) is 0 Å². The highest BCUT2D eigenvalue weighted by molar-refractivity contribution is 6.04. The summed E-state index contributed by atoms with van der Waals surface area (Å²) < 4.78 is 19.0.